The Balaban J connectivity index is 1.53. The number of urea groups is 1. The van der Waals surface area contributed by atoms with E-state index >= 15 is 0 Å². The van der Waals surface area contributed by atoms with Gasteiger partial charge in [-0.15, -0.1) is 0 Å². The molecule has 0 aliphatic heterocycles. The van der Waals surface area contributed by atoms with Crippen LogP contribution in [0.5, 0.6) is 0 Å². The van der Waals surface area contributed by atoms with E-state index in [1.807, 2.05) is 60.7 Å². The van der Waals surface area contributed by atoms with Crippen molar-refractivity contribution in [3.8, 4) is 11.1 Å². The van der Waals surface area contributed by atoms with Crippen LogP contribution in [0.1, 0.15) is 43.0 Å². The maximum atomic E-state index is 12.6. The summed E-state index contributed by atoms with van der Waals surface area (Å²) in [7, 11) is 0. The Hall–Kier alpha value is -5.20. The molecule has 13 heteroatoms. The molecule has 44 heavy (non-hydrogen) atoms. The Labute approximate surface area is 251 Å². The van der Waals surface area contributed by atoms with Gasteiger partial charge in [0.2, 0.25) is 11.8 Å². The van der Waals surface area contributed by atoms with Crippen LogP contribution in [0.2, 0.25) is 0 Å². The van der Waals surface area contributed by atoms with Crippen molar-refractivity contribution in [1.82, 2.24) is 21.3 Å². The molecular weight excluding hydrogens is 581 g/mol. The molecule has 0 saturated carbocycles. The molecule has 0 fully saturated rings. The Morgan fingerprint density at radius 1 is 0.727 bits per heavy atom. The van der Waals surface area contributed by atoms with E-state index in [2.05, 4.69) is 26.0 Å². The topological polar surface area (TPSA) is 143 Å². The van der Waals surface area contributed by atoms with Crippen LogP contribution >= 0.6 is 0 Å². The van der Waals surface area contributed by atoms with Crippen LogP contribution in [-0.4, -0.2) is 49.0 Å². The summed E-state index contributed by atoms with van der Waals surface area (Å²) in [5, 5.41) is 10.1. The summed E-state index contributed by atoms with van der Waals surface area (Å²) in [6, 6.07) is 23.1. The molecule has 0 aromatic heterocycles. The maximum absolute atomic E-state index is 12.6. The highest BCUT2D eigenvalue weighted by molar-refractivity contribution is 5.89. The van der Waals surface area contributed by atoms with Crippen LogP contribution in [0.15, 0.2) is 84.9 Å². The lowest BCUT2D eigenvalue weighted by Gasteiger charge is -2.19. The van der Waals surface area contributed by atoms with Crippen LogP contribution in [0.4, 0.5) is 18.0 Å². The number of halogens is 3. The van der Waals surface area contributed by atoms with E-state index in [0.29, 0.717) is 5.56 Å². The molecule has 10 nitrogen and oxygen atoms in total. The third-order valence-corrected chi connectivity index (χ3v) is 6.30. The second-order valence-electron chi connectivity index (χ2n) is 9.63. The highest BCUT2D eigenvalue weighted by Crippen LogP contribution is 2.24. The number of esters is 2. The molecule has 0 radical (unpaired) electrons. The van der Waals surface area contributed by atoms with Crippen molar-refractivity contribution >= 4 is 29.8 Å². The van der Waals surface area contributed by atoms with Gasteiger partial charge in [0, 0.05) is 13.0 Å². The Morgan fingerprint density at radius 2 is 1.32 bits per heavy atom. The lowest BCUT2D eigenvalue weighted by atomic mass is 9.99. The average Bonchev–Trinajstić information content (AvgIpc) is 3.00. The van der Waals surface area contributed by atoms with Crippen molar-refractivity contribution in [2.45, 2.75) is 38.0 Å². The number of hydrogen-bond acceptors (Lipinski definition) is 6. The van der Waals surface area contributed by atoms with Gasteiger partial charge in [-0.3, -0.25) is 14.4 Å². The normalized spacial score (nSPS) is 12.3. The van der Waals surface area contributed by atoms with Crippen molar-refractivity contribution in [3.63, 3.8) is 0 Å². The summed E-state index contributed by atoms with van der Waals surface area (Å²) >= 11 is 0. The van der Waals surface area contributed by atoms with Crippen LogP contribution in [0, 0.1) is 0 Å². The van der Waals surface area contributed by atoms with Crippen LogP contribution in [-0.2, 0) is 23.9 Å². The van der Waals surface area contributed by atoms with Crippen molar-refractivity contribution < 1.29 is 41.9 Å². The summed E-state index contributed by atoms with van der Waals surface area (Å²) in [6.07, 6.45) is -6.30. The Bertz CT molecular complexity index is 1430. The zero-order valence-corrected chi connectivity index (χ0v) is 23.6. The molecule has 3 aromatic carbocycles. The number of hydrogen-bond donors (Lipinski definition) is 4. The summed E-state index contributed by atoms with van der Waals surface area (Å²) < 4.78 is 41.6. The lowest BCUT2D eigenvalue weighted by Crippen LogP contribution is -2.41. The SMILES string of the molecule is C[C@H](NC(=O)NCCC(=O)NCC(=O)NC(CC(=O)OC(=O)C(F)(F)F)c1ccc(-c2ccccc2)cc1)c1ccccc1. The molecule has 2 atom stereocenters. The van der Waals surface area contributed by atoms with Gasteiger partial charge in [0.15, 0.2) is 0 Å². The van der Waals surface area contributed by atoms with E-state index in [4.69, 9.17) is 0 Å². The number of amides is 4. The quantitative estimate of drug-likeness (QED) is 0.179. The Kier molecular flexibility index (Phi) is 12.0. The highest BCUT2D eigenvalue weighted by Gasteiger charge is 2.42. The summed E-state index contributed by atoms with van der Waals surface area (Å²) in [5.74, 6) is -5.49. The average molecular weight is 613 g/mol. The van der Waals surface area contributed by atoms with Crippen molar-refractivity contribution in [2.75, 3.05) is 13.1 Å². The minimum absolute atomic E-state index is 0.0176. The Morgan fingerprint density at radius 3 is 1.93 bits per heavy atom. The second-order valence-corrected chi connectivity index (χ2v) is 9.63. The first kappa shape index (κ1) is 33.3. The number of carbonyl (C=O) groups excluding carboxylic acids is 5. The fourth-order valence-corrected chi connectivity index (χ4v) is 4.04. The van der Waals surface area contributed by atoms with Gasteiger partial charge in [-0.2, -0.15) is 13.2 Å². The van der Waals surface area contributed by atoms with Gasteiger partial charge in [0.1, 0.15) is 0 Å². The smallest absolute Gasteiger partial charge is 0.386 e. The van der Waals surface area contributed by atoms with E-state index < -0.39 is 55.0 Å². The molecule has 0 spiro atoms. The number of rotatable bonds is 12. The monoisotopic (exact) mass is 612 g/mol. The van der Waals surface area contributed by atoms with Crippen molar-refractivity contribution in [2.24, 2.45) is 0 Å². The third kappa shape index (κ3) is 10.9. The minimum atomic E-state index is -5.37. The molecule has 0 saturated heterocycles. The first-order chi connectivity index (χ1) is 20.9. The molecule has 4 N–H and O–H groups in total. The van der Waals surface area contributed by atoms with Crippen LogP contribution in [0.3, 0.4) is 0 Å². The highest BCUT2D eigenvalue weighted by atomic mass is 19.4. The van der Waals surface area contributed by atoms with Gasteiger partial charge in [-0.25, -0.2) is 9.59 Å². The molecule has 0 bridgehead atoms. The van der Waals surface area contributed by atoms with Crippen LogP contribution < -0.4 is 21.3 Å². The van der Waals surface area contributed by atoms with Crippen molar-refractivity contribution in [3.05, 3.63) is 96.1 Å². The number of nitrogens with one attached hydrogen (secondary N) is 4. The van der Waals surface area contributed by atoms with Gasteiger partial charge in [-0.05, 0) is 29.2 Å². The van der Waals surface area contributed by atoms with E-state index in [-0.39, 0.29) is 19.0 Å². The van der Waals surface area contributed by atoms with E-state index in [1.54, 1.807) is 31.2 Å². The molecule has 3 aromatic rings. The van der Waals surface area contributed by atoms with Gasteiger partial charge in [0.25, 0.3) is 0 Å². The molecule has 0 aliphatic rings. The predicted molar refractivity (Wildman–Crippen MR) is 154 cm³/mol. The molecule has 1 unspecified atom stereocenters. The van der Waals surface area contributed by atoms with Gasteiger partial charge in [0.05, 0.1) is 25.0 Å². The predicted octanol–water partition coefficient (Wildman–Crippen LogP) is 4.10. The van der Waals surface area contributed by atoms with Gasteiger partial charge >= 0.3 is 24.1 Å². The molecular formula is C31H31F3N4O6. The standard InChI is InChI=1S/C31H31F3N4O6/c1-20(21-8-4-2-5-9-21)37-30(43)35-17-16-26(39)36-19-27(40)38-25(18-28(41)44-29(42)31(32,33)34)24-14-12-23(13-15-24)22-10-6-3-7-11-22/h2-15,20,25H,16-19H2,1H3,(H,36,39)(H,38,40)(H2,35,37,43)/t20-,25?/m0/s1. The first-order valence-corrected chi connectivity index (χ1v) is 13.5. The third-order valence-electron chi connectivity index (χ3n) is 6.30. The van der Waals surface area contributed by atoms with Crippen LogP contribution in [0.25, 0.3) is 11.1 Å². The number of benzene rings is 3. The van der Waals surface area contributed by atoms with Crippen molar-refractivity contribution in [1.29, 1.82) is 0 Å². The number of carbonyl (C=O) groups is 5. The number of alkyl halides is 3. The summed E-state index contributed by atoms with van der Waals surface area (Å²) in [6.45, 7) is 1.26. The second kappa shape index (κ2) is 15.9. The zero-order chi connectivity index (χ0) is 32.1. The fourth-order valence-electron chi connectivity index (χ4n) is 4.04. The molecule has 232 valence electrons. The minimum Gasteiger partial charge on any atom is -0.386 e. The maximum Gasteiger partial charge on any atom is 0.491 e. The largest absolute Gasteiger partial charge is 0.491 e. The van der Waals surface area contributed by atoms with E-state index in [1.165, 1.54) is 0 Å². The lowest BCUT2D eigenvalue weighted by molar-refractivity contribution is -0.202. The summed E-state index contributed by atoms with van der Waals surface area (Å²) in [5.41, 5.74) is 2.94. The van der Waals surface area contributed by atoms with Gasteiger partial charge < -0.3 is 26.0 Å². The molecule has 0 heterocycles. The molecule has 0 aliphatic carbocycles. The molecule has 4 amide bonds. The van der Waals surface area contributed by atoms with E-state index in [9.17, 15) is 37.1 Å². The first-order valence-electron chi connectivity index (χ1n) is 13.5. The molecule has 3 rings (SSSR count). The van der Waals surface area contributed by atoms with Gasteiger partial charge in [-0.1, -0.05) is 84.9 Å². The zero-order valence-electron chi connectivity index (χ0n) is 23.6. The fraction of sp³-hybridized carbons (Fsp3) is 0.258. The summed E-state index contributed by atoms with van der Waals surface area (Å²) in [4.78, 5) is 60.2. The van der Waals surface area contributed by atoms with E-state index in [0.717, 1.165) is 16.7 Å². The number of ether oxygens (including phenoxy) is 1.